The van der Waals surface area contributed by atoms with Gasteiger partial charge in [0.25, 0.3) is 0 Å². The van der Waals surface area contributed by atoms with Gasteiger partial charge in [0.2, 0.25) is 11.8 Å². The molecule has 2 atom stereocenters. The maximum atomic E-state index is 13.1. The van der Waals surface area contributed by atoms with E-state index in [1.165, 1.54) is 0 Å². The third-order valence-corrected chi connectivity index (χ3v) is 8.09. The minimum atomic E-state index is -0.412. The van der Waals surface area contributed by atoms with Gasteiger partial charge in [0.1, 0.15) is 11.5 Å². The van der Waals surface area contributed by atoms with Gasteiger partial charge < -0.3 is 20.8 Å². The number of benzene rings is 2. The van der Waals surface area contributed by atoms with E-state index in [-0.39, 0.29) is 18.5 Å². The number of hydrogen-bond donors (Lipinski definition) is 4. The molecule has 41 heavy (non-hydrogen) atoms. The van der Waals surface area contributed by atoms with Crippen LogP contribution in [0, 0.1) is 0 Å². The highest BCUT2D eigenvalue weighted by molar-refractivity contribution is 5.86. The molecule has 0 saturated carbocycles. The number of aryl methyl sites for hydroxylation is 4. The topological polar surface area (TPSA) is 98.7 Å². The van der Waals surface area contributed by atoms with Crippen molar-refractivity contribution in [2.24, 2.45) is 0 Å². The lowest BCUT2D eigenvalue weighted by Gasteiger charge is -2.19. The molecule has 6 heteroatoms. The summed E-state index contributed by atoms with van der Waals surface area (Å²) in [4.78, 5) is 26.2. The SMILES string of the molecule is CCCCc1cc(C(C)C(=O)NCNC(=O)C(C)c2cc(CCCC)c(O)c(CCCC)c2)cc(CCCC)c1O. The molecular weight excluding hydrogens is 512 g/mol. The van der Waals surface area contributed by atoms with E-state index >= 15 is 0 Å². The van der Waals surface area contributed by atoms with E-state index in [0.29, 0.717) is 11.5 Å². The first-order chi connectivity index (χ1) is 19.7. The largest absolute Gasteiger partial charge is 0.507 e. The standard InChI is InChI=1S/C35H54N2O4/c1-7-11-15-26-19-30(20-27(32(26)38)16-12-8-2)24(5)34(40)36-23-37-35(41)25(6)31-21-28(17-13-9-3)33(39)29(22-31)18-14-10-4/h19-22,24-25,38-39H,7-18,23H2,1-6H3,(H,36,40)(H,37,41). The fraction of sp³-hybridized carbons (Fsp3) is 0.600. The van der Waals surface area contributed by atoms with Gasteiger partial charge in [-0.1, -0.05) is 77.6 Å². The number of aromatic hydroxyl groups is 2. The van der Waals surface area contributed by atoms with Gasteiger partial charge in [0.15, 0.2) is 0 Å². The lowest BCUT2D eigenvalue weighted by molar-refractivity contribution is -0.124. The van der Waals surface area contributed by atoms with Crippen molar-refractivity contribution in [2.45, 2.75) is 130 Å². The molecule has 2 aromatic rings. The molecule has 2 unspecified atom stereocenters. The second-order valence-electron chi connectivity index (χ2n) is 11.5. The van der Waals surface area contributed by atoms with Crippen LogP contribution >= 0.6 is 0 Å². The Labute approximate surface area is 248 Å². The van der Waals surface area contributed by atoms with Crippen LogP contribution in [0.5, 0.6) is 11.5 Å². The highest BCUT2D eigenvalue weighted by Crippen LogP contribution is 2.32. The van der Waals surface area contributed by atoms with Crippen LogP contribution < -0.4 is 10.6 Å². The van der Waals surface area contributed by atoms with Crippen molar-refractivity contribution in [2.75, 3.05) is 6.67 Å². The van der Waals surface area contributed by atoms with E-state index < -0.39 is 11.8 Å². The molecule has 228 valence electrons. The van der Waals surface area contributed by atoms with Crippen molar-refractivity contribution in [3.05, 3.63) is 57.6 Å². The van der Waals surface area contributed by atoms with E-state index in [1.54, 1.807) is 0 Å². The van der Waals surface area contributed by atoms with Gasteiger partial charge in [-0.2, -0.15) is 0 Å². The molecule has 0 heterocycles. The molecule has 0 saturated heterocycles. The summed E-state index contributed by atoms with van der Waals surface area (Å²) in [5.74, 6) is -0.418. The third-order valence-electron chi connectivity index (χ3n) is 8.09. The lowest BCUT2D eigenvalue weighted by atomic mass is 9.91. The Balaban J connectivity index is 2.09. The van der Waals surface area contributed by atoms with Gasteiger partial charge in [0, 0.05) is 0 Å². The summed E-state index contributed by atoms with van der Waals surface area (Å²) in [5.41, 5.74) is 5.40. The van der Waals surface area contributed by atoms with Crippen LogP contribution in [-0.4, -0.2) is 28.7 Å². The van der Waals surface area contributed by atoms with Gasteiger partial charge in [-0.25, -0.2) is 0 Å². The molecular formula is C35H54N2O4. The molecule has 2 aromatic carbocycles. The van der Waals surface area contributed by atoms with Crippen LogP contribution in [0.15, 0.2) is 24.3 Å². The first-order valence-electron chi connectivity index (χ1n) is 15.9. The van der Waals surface area contributed by atoms with Gasteiger partial charge in [-0.05, 0) is 98.6 Å². The normalized spacial score (nSPS) is 12.6. The maximum absolute atomic E-state index is 13.1. The average molecular weight is 567 g/mol. The molecule has 0 fully saturated rings. The summed E-state index contributed by atoms with van der Waals surface area (Å²) in [6.07, 6.45) is 11.2. The number of unbranched alkanes of at least 4 members (excludes halogenated alkanes) is 4. The average Bonchev–Trinajstić information content (AvgIpc) is 2.97. The highest BCUT2D eigenvalue weighted by atomic mass is 16.3. The van der Waals surface area contributed by atoms with E-state index in [4.69, 9.17) is 0 Å². The van der Waals surface area contributed by atoms with Crippen LogP contribution in [0.25, 0.3) is 0 Å². The van der Waals surface area contributed by atoms with Gasteiger partial charge in [-0.15, -0.1) is 0 Å². The Bertz CT molecular complexity index is 982. The molecule has 0 radical (unpaired) electrons. The van der Waals surface area contributed by atoms with E-state index in [9.17, 15) is 19.8 Å². The summed E-state index contributed by atoms with van der Waals surface area (Å²) in [6, 6.07) is 7.84. The third kappa shape index (κ3) is 10.1. The Morgan fingerprint density at radius 2 is 0.854 bits per heavy atom. The zero-order chi connectivity index (χ0) is 30.4. The number of rotatable bonds is 18. The molecule has 0 spiro atoms. The number of phenolic OH excluding ortho intramolecular Hbond substituents is 2. The molecule has 6 nitrogen and oxygen atoms in total. The Morgan fingerprint density at radius 1 is 0.585 bits per heavy atom. The fourth-order valence-corrected chi connectivity index (χ4v) is 5.13. The monoisotopic (exact) mass is 566 g/mol. The van der Waals surface area contributed by atoms with Crippen molar-refractivity contribution in [1.29, 1.82) is 0 Å². The first-order valence-corrected chi connectivity index (χ1v) is 15.9. The first kappa shape index (κ1) is 34.2. The maximum Gasteiger partial charge on any atom is 0.228 e. The fourth-order valence-electron chi connectivity index (χ4n) is 5.13. The summed E-state index contributed by atoms with van der Waals surface area (Å²) in [5, 5.41) is 27.4. The zero-order valence-electron chi connectivity index (χ0n) is 26.4. The molecule has 0 aliphatic rings. The van der Waals surface area contributed by atoms with Crippen molar-refractivity contribution in [1.82, 2.24) is 10.6 Å². The van der Waals surface area contributed by atoms with E-state index in [1.807, 2.05) is 38.1 Å². The Morgan fingerprint density at radius 3 is 1.10 bits per heavy atom. The minimum Gasteiger partial charge on any atom is -0.507 e. The summed E-state index contributed by atoms with van der Waals surface area (Å²) in [6.45, 7) is 12.3. The van der Waals surface area contributed by atoms with Crippen LogP contribution in [0.3, 0.4) is 0 Å². The van der Waals surface area contributed by atoms with Gasteiger partial charge >= 0.3 is 0 Å². The smallest absolute Gasteiger partial charge is 0.228 e. The molecule has 2 amide bonds. The van der Waals surface area contributed by atoms with Gasteiger partial charge in [-0.3, -0.25) is 9.59 Å². The number of amides is 2. The molecule has 0 aliphatic carbocycles. The van der Waals surface area contributed by atoms with Crippen molar-refractivity contribution >= 4 is 11.8 Å². The molecule has 4 N–H and O–H groups in total. The Kier molecular flexibility index (Phi) is 14.8. The predicted octanol–water partition coefficient (Wildman–Crippen LogP) is 7.57. The molecule has 0 aliphatic heterocycles. The molecule has 0 bridgehead atoms. The molecule has 0 aromatic heterocycles. The van der Waals surface area contributed by atoms with Crippen LogP contribution in [0.4, 0.5) is 0 Å². The van der Waals surface area contributed by atoms with Gasteiger partial charge in [0.05, 0.1) is 18.5 Å². The lowest BCUT2D eigenvalue weighted by Crippen LogP contribution is -2.40. The summed E-state index contributed by atoms with van der Waals surface area (Å²) < 4.78 is 0. The Hall–Kier alpha value is -3.02. The number of phenols is 2. The van der Waals surface area contributed by atoms with Crippen molar-refractivity contribution < 1.29 is 19.8 Å². The zero-order valence-corrected chi connectivity index (χ0v) is 26.4. The molecule has 2 rings (SSSR count). The summed E-state index contributed by atoms with van der Waals surface area (Å²) >= 11 is 0. The van der Waals surface area contributed by atoms with Crippen molar-refractivity contribution in [3.8, 4) is 11.5 Å². The predicted molar refractivity (Wildman–Crippen MR) is 169 cm³/mol. The number of carbonyl (C=O) groups is 2. The minimum absolute atomic E-state index is 0.0410. The van der Waals surface area contributed by atoms with Crippen LogP contribution in [-0.2, 0) is 35.3 Å². The second-order valence-corrected chi connectivity index (χ2v) is 11.5. The highest BCUT2D eigenvalue weighted by Gasteiger charge is 2.21. The quantitative estimate of drug-likeness (QED) is 0.140. The summed E-state index contributed by atoms with van der Waals surface area (Å²) in [7, 11) is 0. The van der Waals surface area contributed by atoms with Crippen molar-refractivity contribution in [3.63, 3.8) is 0 Å². The second kappa shape index (κ2) is 17.7. The van der Waals surface area contributed by atoms with Crippen LogP contribution in [0.2, 0.25) is 0 Å². The number of hydrogen-bond acceptors (Lipinski definition) is 4. The number of carbonyl (C=O) groups excluding carboxylic acids is 2. The van der Waals surface area contributed by atoms with Crippen LogP contribution in [0.1, 0.15) is 138 Å². The number of nitrogens with one attached hydrogen (secondary N) is 2. The van der Waals surface area contributed by atoms with E-state index in [0.717, 1.165) is 110 Å². The van der Waals surface area contributed by atoms with E-state index in [2.05, 4.69) is 38.3 Å².